The SMILES string of the molecule is COC1C(=C=O)c2ccccc2N1CCN(C)C. The molecule has 1 atom stereocenters. The molecule has 0 saturated carbocycles. The van der Waals surface area contributed by atoms with Gasteiger partial charge in [0.2, 0.25) is 0 Å². The third-order valence-electron chi connectivity index (χ3n) is 3.16. The van der Waals surface area contributed by atoms with Crippen LogP contribution in [-0.2, 0) is 9.53 Å². The van der Waals surface area contributed by atoms with Crippen LogP contribution in [0.4, 0.5) is 5.69 Å². The average molecular weight is 246 g/mol. The van der Waals surface area contributed by atoms with Gasteiger partial charge in [-0.05, 0) is 20.2 Å². The molecule has 96 valence electrons. The molecule has 0 aliphatic carbocycles. The van der Waals surface area contributed by atoms with Crippen molar-refractivity contribution in [2.24, 2.45) is 0 Å². The van der Waals surface area contributed by atoms with Gasteiger partial charge in [0.1, 0.15) is 5.94 Å². The van der Waals surface area contributed by atoms with Crippen molar-refractivity contribution in [3.05, 3.63) is 29.8 Å². The van der Waals surface area contributed by atoms with Crippen LogP contribution in [-0.4, -0.2) is 51.4 Å². The molecule has 18 heavy (non-hydrogen) atoms. The van der Waals surface area contributed by atoms with Crippen LogP contribution in [0.3, 0.4) is 0 Å². The van der Waals surface area contributed by atoms with Gasteiger partial charge < -0.3 is 14.5 Å². The number of para-hydroxylation sites is 1. The number of ether oxygens (including phenoxy) is 1. The van der Waals surface area contributed by atoms with Crippen LogP contribution in [0.15, 0.2) is 24.3 Å². The fourth-order valence-corrected chi connectivity index (χ4v) is 2.26. The van der Waals surface area contributed by atoms with Gasteiger partial charge in [0.25, 0.3) is 0 Å². The lowest BCUT2D eigenvalue weighted by Gasteiger charge is -2.27. The molecule has 0 fully saturated rings. The minimum Gasteiger partial charge on any atom is -0.356 e. The second kappa shape index (κ2) is 5.36. The lowest BCUT2D eigenvalue weighted by Crippen LogP contribution is -2.38. The first kappa shape index (κ1) is 12.8. The van der Waals surface area contributed by atoms with Gasteiger partial charge in [-0.3, -0.25) is 0 Å². The number of anilines is 1. The number of methoxy groups -OCH3 is 1. The molecule has 1 aliphatic heterocycles. The summed E-state index contributed by atoms with van der Waals surface area (Å²) in [4.78, 5) is 15.4. The molecule has 4 nitrogen and oxygen atoms in total. The van der Waals surface area contributed by atoms with Crippen molar-refractivity contribution in [3.63, 3.8) is 0 Å². The summed E-state index contributed by atoms with van der Waals surface area (Å²) >= 11 is 0. The van der Waals surface area contributed by atoms with Gasteiger partial charge in [0.05, 0.1) is 5.57 Å². The molecule has 2 rings (SSSR count). The van der Waals surface area contributed by atoms with Crippen molar-refractivity contribution in [2.75, 3.05) is 39.2 Å². The van der Waals surface area contributed by atoms with Crippen molar-refractivity contribution in [2.45, 2.75) is 6.23 Å². The topological polar surface area (TPSA) is 32.8 Å². The molecular formula is C14H18N2O2. The highest BCUT2D eigenvalue weighted by Crippen LogP contribution is 2.38. The zero-order valence-corrected chi connectivity index (χ0v) is 11.0. The lowest BCUT2D eigenvalue weighted by atomic mass is 10.1. The van der Waals surface area contributed by atoms with Gasteiger partial charge in [0, 0.05) is 31.5 Å². The number of nitrogens with zero attached hydrogens (tertiary/aromatic N) is 2. The largest absolute Gasteiger partial charge is 0.356 e. The van der Waals surface area contributed by atoms with Gasteiger partial charge in [-0.2, -0.15) is 0 Å². The molecule has 1 unspecified atom stereocenters. The Morgan fingerprint density at radius 3 is 2.72 bits per heavy atom. The van der Waals surface area contributed by atoms with Gasteiger partial charge in [0.15, 0.2) is 6.23 Å². The molecule has 1 aliphatic rings. The molecule has 0 amide bonds. The third kappa shape index (κ3) is 2.18. The van der Waals surface area contributed by atoms with E-state index < -0.39 is 0 Å². The average Bonchev–Trinajstić information content (AvgIpc) is 2.69. The molecule has 0 bridgehead atoms. The van der Waals surface area contributed by atoms with Crippen LogP contribution in [0.2, 0.25) is 0 Å². The molecular weight excluding hydrogens is 228 g/mol. The Labute approximate surface area is 107 Å². The van der Waals surface area contributed by atoms with Crippen molar-refractivity contribution >= 4 is 17.2 Å². The summed E-state index contributed by atoms with van der Waals surface area (Å²) < 4.78 is 5.45. The minimum atomic E-state index is -0.320. The number of likely N-dealkylation sites (N-methyl/N-ethyl adjacent to an activating group) is 1. The molecule has 0 N–H and O–H groups in total. The van der Waals surface area contributed by atoms with Crippen molar-refractivity contribution in [1.82, 2.24) is 4.90 Å². The molecule has 1 aromatic rings. The summed E-state index contributed by atoms with van der Waals surface area (Å²) in [6, 6.07) is 7.86. The van der Waals surface area contributed by atoms with E-state index >= 15 is 0 Å². The lowest BCUT2D eigenvalue weighted by molar-refractivity contribution is 0.147. The molecule has 1 heterocycles. The first-order chi connectivity index (χ1) is 8.69. The Morgan fingerprint density at radius 1 is 1.39 bits per heavy atom. The molecule has 0 spiro atoms. The van der Waals surface area contributed by atoms with Crippen molar-refractivity contribution in [3.8, 4) is 0 Å². The maximum atomic E-state index is 11.1. The Kier molecular flexibility index (Phi) is 3.82. The van der Waals surface area contributed by atoms with Crippen molar-refractivity contribution < 1.29 is 9.53 Å². The summed E-state index contributed by atoms with van der Waals surface area (Å²) in [6.07, 6.45) is -0.320. The van der Waals surface area contributed by atoms with Crippen LogP contribution in [0, 0.1) is 0 Å². The Morgan fingerprint density at radius 2 is 2.11 bits per heavy atom. The van der Waals surface area contributed by atoms with E-state index in [1.807, 2.05) is 44.3 Å². The highest BCUT2D eigenvalue weighted by Gasteiger charge is 2.34. The minimum absolute atomic E-state index is 0.320. The molecule has 0 saturated heterocycles. The van der Waals surface area contributed by atoms with Crippen LogP contribution in [0.5, 0.6) is 0 Å². The number of benzene rings is 1. The van der Waals surface area contributed by atoms with E-state index in [1.54, 1.807) is 7.11 Å². The van der Waals surface area contributed by atoms with Crippen molar-refractivity contribution in [1.29, 1.82) is 0 Å². The fraction of sp³-hybridized carbons (Fsp3) is 0.429. The number of fused-ring (bicyclic) bond motifs is 1. The molecule has 0 radical (unpaired) electrons. The molecule has 1 aromatic carbocycles. The highest BCUT2D eigenvalue weighted by atomic mass is 16.5. The predicted octanol–water partition coefficient (Wildman–Crippen LogP) is 1.26. The Bertz CT molecular complexity index is 478. The summed E-state index contributed by atoms with van der Waals surface area (Å²) in [5.74, 6) is 2.03. The van der Waals surface area contributed by atoms with Gasteiger partial charge in [-0.25, -0.2) is 4.79 Å². The summed E-state index contributed by atoms with van der Waals surface area (Å²) in [5, 5.41) is 0. The standard InChI is InChI=1S/C14H18N2O2/c1-15(2)8-9-16-13-7-5-4-6-11(13)12(10-17)14(16)18-3/h4-7,14H,8-9H2,1-3H3. The van der Waals surface area contributed by atoms with Gasteiger partial charge >= 0.3 is 0 Å². The maximum absolute atomic E-state index is 11.1. The highest BCUT2D eigenvalue weighted by molar-refractivity contribution is 5.99. The normalized spacial score (nSPS) is 18.1. The summed E-state index contributed by atoms with van der Waals surface area (Å²) in [5.41, 5.74) is 2.56. The van der Waals surface area contributed by atoms with E-state index in [2.05, 4.69) is 9.80 Å². The fourth-order valence-electron chi connectivity index (χ4n) is 2.26. The number of carbonyl (C=O) groups excluding carboxylic acids is 1. The van der Waals surface area contributed by atoms with E-state index in [1.165, 1.54) is 0 Å². The van der Waals surface area contributed by atoms with Crippen LogP contribution < -0.4 is 4.90 Å². The molecule has 4 heteroatoms. The summed E-state index contributed by atoms with van der Waals surface area (Å²) in [7, 11) is 5.68. The van der Waals surface area contributed by atoms with E-state index in [-0.39, 0.29) is 6.23 Å². The third-order valence-corrected chi connectivity index (χ3v) is 3.16. The van der Waals surface area contributed by atoms with E-state index in [4.69, 9.17) is 4.74 Å². The Balaban J connectivity index is 2.36. The maximum Gasteiger partial charge on any atom is 0.167 e. The monoisotopic (exact) mass is 246 g/mol. The number of rotatable bonds is 4. The van der Waals surface area contributed by atoms with Crippen LogP contribution in [0.25, 0.3) is 5.57 Å². The molecule has 0 aromatic heterocycles. The first-order valence-electron chi connectivity index (χ1n) is 5.97. The Hall–Kier alpha value is -1.61. The first-order valence-corrected chi connectivity index (χ1v) is 5.97. The summed E-state index contributed by atoms with van der Waals surface area (Å²) in [6.45, 7) is 1.72. The number of hydrogen-bond acceptors (Lipinski definition) is 4. The zero-order chi connectivity index (χ0) is 13.1. The van der Waals surface area contributed by atoms with E-state index in [9.17, 15) is 4.79 Å². The van der Waals surface area contributed by atoms with E-state index in [0.29, 0.717) is 5.57 Å². The zero-order valence-electron chi connectivity index (χ0n) is 11.0. The number of hydrogen-bond donors (Lipinski definition) is 0. The smallest absolute Gasteiger partial charge is 0.167 e. The van der Waals surface area contributed by atoms with Crippen LogP contribution >= 0.6 is 0 Å². The van der Waals surface area contributed by atoms with E-state index in [0.717, 1.165) is 24.3 Å². The second-order valence-corrected chi connectivity index (χ2v) is 4.62. The quantitative estimate of drug-likeness (QED) is 0.749. The predicted molar refractivity (Wildman–Crippen MR) is 72.2 cm³/mol. The van der Waals surface area contributed by atoms with Gasteiger partial charge in [-0.15, -0.1) is 0 Å². The van der Waals surface area contributed by atoms with Gasteiger partial charge in [-0.1, -0.05) is 18.2 Å². The van der Waals surface area contributed by atoms with Crippen LogP contribution in [0.1, 0.15) is 5.56 Å². The second-order valence-electron chi connectivity index (χ2n) is 4.62.